The van der Waals surface area contributed by atoms with Crippen LogP contribution in [0, 0.1) is 10.8 Å². The predicted molar refractivity (Wildman–Crippen MR) is 99.9 cm³/mol. The minimum atomic E-state index is -0.506. The smallest absolute Gasteiger partial charge is 0.289 e. The van der Waals surface area contributed by atoms with Gasteiger partial charge in [0.25, 0.3) is 5.91 Å². The molecular formula is C20H21ClN2O3. The Bertz CT molecular complexity index is 959. The Morgan fingerprint density at radius 2 is 2.08 bits per heavy atom. The number of amides is 1. The number of Topliss-reactive ketones (excluding diaryl/α,β-unsaturated/α-hetero) is 1. The summed E-state index contributed by atoms with van der Waals surface area (Å²) in [5.74, 6) is 0.153. The van der Waals surface area contributed by atoms with Gasteiger partial charge in [-0.2, -0.15) is 0 Å². The van der Waals surface area contributed by atoms with Crippen molar-refractivity contribution in [3.8, 4) is 0 Å². The zero-order chi connectivity index (χ0) is 18.7. The Hall–Kier alpha value is -2.27. The van der Waals surface area contributed by atoms with Crippen LogP contribution in [0.1, 0.15) is 37.2 Å². The SMILES string of the molecule is CC1(C)C[C@@]2(C=C(N)C1=O)CCN(C(=O)c1cc3cc(Cl)ccc3o1)C2. The van der Waals surface area contributed by atoms with Crippen molar-refractivity contribution in [1.82, 2.24) is 4.90 Å². The summed E-state index contributed by atoms with van der Waals surface area (Å²) in [6.45, 7) is 5.00. The average Bonchev–Trinajstić information content (AvgIpc) is 3.15. The van der Waals surface area contributed by atoms with E-state index in [1.54, 1.807) is 29.2 Å². The number of likely N-dealkylation sites (tertiary alicyclic amines) is 1. The van der Waals surface area contributed by atoms with E-state index in [1.807, 2.05) is 19.9 Å². The molecule has 2 N–H and O–H groups in total. The van der Waals surface area contributed by atoms with E-state index in [2.05, 4.69) is 0 Å². The van der Waals surface area contributed by atoms with Crippen molar-refractivity contribution in [3.05, 3.63) is 46.8 Å². The van der Waals surface area contributed by atoms with E-state index < -0.39 is 5.41 Å². The fourth-order valence-electron chi connectivity index (χ4n) is 4.40. The van der Waals surface area contributed by atoms with Gasteiger partial charge in [0.1, 0.15) is 5.58 Å². The van der Waals surface area contributed by atoms with E-state index in [9.17, 15) is 9.59 Å². The van der Waals surface area contributed by atoms with Crippen molar-refractivity contribution < 1.29 is 14.0 Å². The number of hydrogen-bond donors (Lipinski definition) is 1. The first-order valence-electron chi connectivity index (χ1n) is 8.71. The first kappa shape index (κ1) is 17.2. The molecule has 0 unspecified atom stereocenters. The van der Waals surface area contributed by atoms with E-state index >= 15 is 0 Å². The summed E-state index contributed by atoms with van der Waals surface area (Å²) in [5.41, 5.74) is 6.19. The summed E-state index contributed by atoms with van der Waals surface area (Å²) < 4.78 is 5.71. The topological polar surface area (TPSA) is 76.5 Å². The molecule has 26 heavy (non-hydrogen) atoms. The van der Waals surface area contributed by atoms with Crippen molar-refractivity contribution >= 4 is 34.3 Å². The third kappa shape index (κ3) is 2.71. The highest BCUT2D eigenvalue weighted by Gasteiger charge is 2.48. The number of nitrogens with zero attached hydrogens (tertiary/aromatic N) is 1. The van der Waals surface area contributed by atoms with Crippen LogP contribution in [-0.2, 0) is 4.79 Å². The minimum absolute atomic E-state index is 0.0120. The molecule has 4 rings (SSSR count). The lowest BCUT2D eigenvalue weighted by Crippen LogP contribution is -2.42. The van der Waals surface area contributed by atoms with Crippen molar-refractivity contribution in [2.75, 3.05) is 13.1 Å². The van der Waals surface area contributed by atoms with Gasteiger partial charge < -0.3 is 15.1 Å². The maximum absolute atomic E-state index is 12.9. The molecule has 136 valence electrons. The number of rotatable bonds is 1. The van der Waals surface area contributed by atoms with Crippen molar-refractivity contribution in [3.63, 3.8) is 0 Å². The standard InChI is InChI=1S/C20H21ClN2O3/c1-19(2)10-20(9-14(22)17(19)24)5-6-23(11-20)18(25)16-8-12-7-13(21)3-4-15(12)26-16/h3-4,7-9H,5-6,10-11,22H2,1-2H3/t20-/m0/s1. The van der Waals surface area contributed by atoms with Crippen LogP contribution in [-0.4, -0.2) is 29.7 Å². The Kier molecular flexibility index (Phi) is 3.70. The molecule has 0 saturated carbocycles. The fourth-order valence-corrected chi connectivity index (χ4v) is 4.58. The number of hydrogen-bond acceptors (Lipinski definition) is 4. The Labute approximate surface area is 156 Å². The third-order valence-corrected chi connectivity index (χ3v) is 5.73. The number of furan rings is 1. The highest BCUT2D eigenvalue weighted by atomic mass is 35.5. The molecule has 1 aliphatic carbocycles. The molecule has 1 saturated heterocycles. The maximum atomic E-state index is 12.9. The number of allylic oxidation sites excluding steroid dienone is 1. The fraction of sp³-hybridized carbons (Fsp3) is 0.400. The third-order valence-electron chi connectivity index (χ3n) is 5.49. The second kappa shape index (κ2) is 5.61. The van der Waals surface area contributed by atoms with Crippen LogP contribution in [0.5, 0.6) is 0 Å². The van der Waals surface area contributed by atoms with Crippen LogP contribution in [0.3, 0.4) is 0 Å². The number of fused-ring (bicyclic) bond motifs is 1. The number of ketones is 1. The number of carbonyl (C=O) groups excluding carboxylic acids is 2. The highest BCUT2D eigenvalue weighted by Crippen LogP contribution is 2.47. The normalized spacial score (nSPS) is 25.1. The van der Waals surface area contributed by atoms with Gasteiger partial charge in [0.2, 0.25) is 0 Å². The van der Waals surface area contributed by atoms with Crippen molar-refractivity contribution in [2.45, 2.75) is 26.7 Å². The summed E-state index contributed by atoms with van der Waals surface area (Å²) in [7, 11) is 0. The largest absolute Gasteiger partial charge is 0.451 e. The van der Waals surface area contributed by atoms with E-state index in [1.165, 1.54) is 0 Å². The maximum Gasteiger partial charge on any atom is 0.289 e. The van der Waals surface area contributed by atoms with E-state index in [4.69, 9.17) is 21.8 Å². The first-order chi connectivity index (χ1) is 12.2. The van der Waals surface area contributed by atoms with Crippen LogP contribution in [0.25, 0.3) is 11.0 Å². The van der Waals surface area contributed by atoms with Crippen LogP contribution >= 0.6 is 11.6 Å². The van der Waals surface area contributed by atoms with Gasteiger partial charge in [0.15, 0.2) is 11.5 Å². The van der Waals surface area contributed by atoms with E-state index in [0.29, 0.717) is 41.6 Å². The molecule has 2 aromatic rings. The second-order valence-corrected chi connectivity index (χ2v) is 8.56. The number of benzene rings is 1. The van der Waals surface area contributed by atoms with E-state index in [0.717, 1.165) is 11.8 Å². The van der Waals surface area contributed by atoms with Crippen LogP contribution < -0.4 is 5.73 Å². The first-order valence-corrected chi connectivity index (χ1v) is 9.09. The molecule has 6 heteroatoms. The number of nitrogens with two attached hydrogens (primary N) is 1. The highest BCUT2D eigenvalue weighted by molar-refractivity contribution is 6.31. The molecule has 0 bridgehead atoms. The summed E-state index contributed by atoms with van der Waals surface area (Å²) >= 11 is 6.00. The summed E-state index contributed by atoms with van der Waals surface area (Å²) in [5, 5.41) is 1.41. The Morgan fingerprint density at radius 3 is 2.81 bits per heavy atom. The van der Waals surface area contributed by atoms with Crippen LogP contribution in [0.15, 0.2) is 40.5 Å². The summed E-state index contributed by atoms with van der Waals surface area (Å²) in [6.07, 6.45) is 3.35. The molecule has 1 amide bonds. The van der Waals surface area contributed by atoms with Gasteiger partial charge in [-0.15, -0.1) is 0 Å². The van der Waals surface area contributed by atoms with E-state index in [-0.39, 0.29) is 17.1 Å². The zero-order valence-corrected chi connectivity index (χ0v) is 15.6. The molecular weight excluding hydrogens is 352 g/mol. The molecule has 1 atom stereocenters. The molecule has 0 radical (unpaired) electrons. The molecule has 1 aromatic carbocycles. The van der Waals surface area contributed by atoms with Crippen molar-refractivity contribution in [2.24, 2.45) is 16.6 Å². The monoisotopic (exact) mass is 372 g/mol. The molecule has 1 aliphatic heterocycles. The average molecular weight is 373 g/mol. The molecule has 2 aliphatic rings. The molecule has 5 nitrogen and oxygen atoms in total. The van der Waals surface area contributed by atoms with Crippen LogP contribution in [0.2, 0.25) is 5.02 Å². The second-order valence-electron chi connectivity index (χ2n) is 8.12. The van der Waals surface area contributed by atoms with Crippen LogP contribution in [0.4, 0.5) is 0 Å². The lowest BCUT2D eigenvalue weighted by atomic mass is 9.65. The van der Waals surface area contributed by atoms with Gasteiger partial charge in [0.05, 0.1) is 5.70 Å². The number of carbonyl (C=O) groups is 2. The zero-order valence-electron chi connectivity index (χ0n) is 14.8. The van der Waals surface area contributed by atoms with Gasteiger partial charge in [-0.3, -0.25) is 9.59 Å². The summed E-state index contributed by atoms with van der Waals surface area (Å²) in [4.78, 5) is 27.0. The van der Waals surface area contributed by atoms with Crippen molar-refractivity contribution in [1.29, 1.82) is 0 Å². The number of halogens is 1. The minimum Gasteiger partial charge on any atom is -0.451 e. The van der Waals surface area contributed by atoms with Gasteiger partial charge in [-0.05, 0) is 43.2 Å². The summed E-state index contributed by atoms with van der Waals surface area (Å²) in [6, 6.07) is 7.01. The van der Waals surface area contributed by atoms with Gasteiger partial charge >= 0.3 is 0 Å². The quantitative estimate of drug-likeness (QED) is 0.826. The lowest BCUT2D eigenvalue weighted by Gasteiger charge is -2.38. The van der Waals surface area contributed by atoms with Gasteiger partial charge in [0, 0.05) is 34.3 Å². The molecule has 1 aromatic heterocycles. The van der Waals surface area contributed by atoms with Gasteiger partial charge in [-0.1, -0.05) is 25.4 Å². The predicted octanol–water partition coefficient (Wildman–Crippen LogP) is 3.76. The lowest BCUT2D eigenvalue weighted by molar-refractivity contribution is -0.125. The Balaban J connectivity index is 1.60. The molecule has 1 spiro atoms. The van der Waals surface area contributed by atoms with Gasteiger partial charge in [-0.25, -0.2) is 0 Å². The molecule has 1 fully saturated rings. The Morgan fingerprint density at radius 1 is 1.31 bits per heavy atom. The molecule has 2 heterocycles.